The lowest BCUT2D eigenvalue weighted by molar-refractivity contribution is 0.734. The van der Waals surface area contributed by atoms with Crippen molar-refractivity contribution >= 4 is 60.9 Å². The summed E-state index contributed by atoms with van der Waals surface area (Å²) in [7, 11) is 0. The summed E-state index contributed by atoms with van der Waals surface area (Å²) in [6.07, 6.45) is 5.23. The average molecular weight is 539 g/mol. The Morgan fingerprint density at radius 1 is 0.714 bits per heavy atom. The topological polar surface area (TPSA) is 43.1 Å². The summed E-state index contributed by atoms with van der Waals surface area (Å²) in [5, 5.41) is 4.53. The summed E-state index contributed by atoms with van der Waals surface area (Å²) < 4.78 is 2.30. The van der Waals surface area contributed by atoms with E-state index in [9.17, 15) is 0 Å². The zero-order valence-electron chi connectivity index (χ0n) is 23.1. The molecule has 0 bridgehead atoms. The second-order valence-electron chi connectivity index (χ2n) is 11.4. The van der Waals surface area contributed by atoms with Gasteiger partial charge in [-0.25, -0.2) is 9.97 Å². The number of allylic oxidation sites excluding steroid dienone is 1. The minimum atomic E-state index is 0.406. The predicted octanol–water partition coefficient (Wildman–Crippen LogP) is 9.14. The zero-order chi connectivity index (χ0) is 27.8. The number of hydrogen-bond donors (Lipinski definition) is 0. The highest BCUT2D eigenvalue weighted by Crippen LogP contribution is 2.38. The first-order chi connectivity index (χ1) is 20.7. The first-order valence-electron chi connectivity index (χ1n) is 14.5. The molecule has 9 rings (SSSR count). The molecule has 4 heterocycles. The number of fused-ring (bicyclic) bond motifs is 11. The molecule has 42 heavy (non-hydrogen) atoms. The SMILES string of the molecule is CC1Cc2ccccc2C=C1c1cccc(-c2ccc3c4c(ccc5cccnc54)c4nc5ccccc5n4c3c2)n1. The standard InChI is InChI=1S/C38H26N4/c1-23-20-25-8-2-3-9-26(25)21-30(23)32-13-6-12-31(40-32)27-16-17-28-35(22-27)42-34-14-5-4-11-33(34)41-38(42)29-18-15-24-10-7-19-39-37(24)36(28)29/h2-19,21-23H,20H2,1H3. The van der Waals surface area contributed by atoms with E-state index in [4.69, 9.17) is 15.0 Å². The Morgan fingerprint density at radius 2 is 1.57 bits per heavy atom. The van der Waals surface area contributed by atoms with E-state index in [1.165, 1.54) is 16.7 Å². The molecule has 0 N–H and O–H groups in total. The van der Waals surface area contributed by atoms with Gasteiger partial charge in [0, 0.05) is 33.3 Å². The van der Waals surface area contributed by atoms with Crippen LogP contribution in [0.15, 0.2) is 115 Å². The highest BCUT2D eigenvalue weighted by Gasteiger charge is 2.21. The largest absolute Gasteiger partial charge is 0.292 e. The van der Waals surface area contributed by atoms with Crippen LogP contribution in [0.25, 0.3) is 72.2 Å². The number of imidazole rings is 1. The summed E-state index contributed by atoms with van der Waals surface area (Å²) in [6, 6.07) is 38.7. The highest BCUT2D eigenvalue weighted by atomic mass is 15.0. The zero-order valence-corrected chi connectivity index (χ0v) is 23.1. The van der Waals surface area contributed by atoms with Crippen LogP contribution in [-0.4, -0.2) is 19.4 Å². The number of benzene rings is 4. The predicted molar refractivity (Wildman–Crippen MR) is 173 cm³/mol. The number of rotatable bonds is 2. The summed E-state index contributed by atoms with van der Waals surface area (Å²) >= 11 is 0. The van der Waals surface area contributed by atoms with E-state index in [1.807, 2.05) is 12.3 Å². The van der Waals surface area contributed by atoms with Crippen molar-refractivity contribution < 1.29 is 0 Å². The molecular weight excluding hydrogens is 512 g/mol. The molecule has 0 saturated carbocycles. The van der Waals surface area contributed by atoms with Gasteiger partial charge in [0.05, 0.1) is 33.5 Å². The van der Waals surface area contributed by atoms with Gasteiger partial charge in [0.2, 0.25) is 0 Å². The van der Waals surface area contributed by atoms with E-state index in [0.29, 0.717) is 5.92 Å². The summed E-state index contributed by atoms with van der Waals surface area (Å²) in [5.74, 6) is 0.406. The van der Waals surface area contributed by atoms with Gasteiger partial charge in [0.25, 0.3) is 0 Å². The Bertz CT molecular complexity index is 2410. The second kappa shape index (κ2) is 8.82. The van der Waals surface area contributed by atoms with Gasteiger partial charge in [-0.3, -0.25) is 9.38 Å². The molecule has 4 aromatic heterocycles. The second-order valence-corrected chi connectivity index (χ2v) is 11.4. The van der Waals surface area contributed by atoms with Gasteiger partial charge in [-0.15, -0.1) is 0 Å². The molecule has 4 heteroatoms. The van der Waals surface area contributed by atoms with E-state index in [2.05, 4.69) is 121 Å². The maximum Gasteiger partial charge on any atom is 0.146 e. The average Bonchev–Trinajstić information content (AvgIpc) is 3.44. The molecule has 0 aliphatic heterocycles. The molecule has 0 amide bonds. The van der Waals surface area contributed by atoms with Crippen LogP contribution in [0.1, 0.15) is 23.7 Å². The molecule has 0 spiro atoms. The molecule has 198 valence electrons. The van der Waals surface area contributed by atoms with Crippen LogP contribution in [0.5, 0.6) is 0 Å². The number of nitrogens with zero attached hydrogens (tertiary/aromatic N) is 4. The fraction of sp³-hybridized carbons (Fsp3) is 0.0789. The highest BCUT2D eigenvalue weighted by molar-refractivity contribution is 6.23. The van der Waals surface area contributed by atoms with E-state index in [0.717, 1.165) is 72.6 Å². The van der Waals surface area contributed by atoms with Crippen LogP contribution in [-0.2, 0) is 6.42 Å². The van der Waals surface area contributed by atoms with Crippen molar-refractivity contribution in [1.82, 2.24) is 19.4 Å². The molecule has 1 aliphatic rings. The quantitative estimate of drug-likeness (QED) is 0.206. The Kier molecular flexibility index (Phi) is 4.91. The Hall–Kier alpha value is -5.35. The fourth-order valence-electron chi connectivity index (χ4n) is 6.84. The van der Waals surface area contributed by atoms with Crippen LogP contribution in [0, 0.1) is 5.92 Å². The first kappa shape index (κ1) is 23.4. The molecule has 0 saturated heterocycles. The first-order valence-corrected chi connectivity index (χ1v) is 14.5. The van der Waals surface area contributed by atoms with E-state index >= 15 is 0 Å². The molecule has 0 radical (unpaired) electrons. The smallest absolute Gasteiger partial charge is 0.146 e. The van der Waals surface area contributed by atoms with Crippen molar-refractivity contribution in [2.24, 2.45) is 5.92 Å². The summed E-state index contributed by atoms with van der Waals surface area (Å²) in [6.45, 7) is 2.30. The van der Waals surface area contributed by atoms with Crippen molar-refractivity contribution in [2.45, 2.75) is 13.3 Å². The third-order valence-electron chi connectivity index (χ3n) is 8.85. The van der Waals surface area contributed by atoms with Gasteiger partial charge >= 0.3 is 0 Å². The van der Waals surface area contributed by atoms with Gasteiger partial charge in [-0.2, -0.15) is 0 Å². The maximum absolute atomic E-state index is 5.23. The molecule has 1 aliphatic carbocycles. The van der Waals surface area contributed by atoms with Crippen molar-refractivity contribution in [3.63, 3.8) is 0 Å². The van der Waals surface area contributed by atoms with Gasteiger partial charge in [-0.1, -0.05) is 73.7 Å². The normalized spacial score (nSPS) is 15.1. The van der Waals surface area contributed by atoms with Gasteiger partial charge in [-0.05, 0) is 77.6 Å². The molecular formula is C38H26N4. The third kappa shape index (κ3) is 3.39. The number of pyridine rings is 3. The van der Waals surface area contributed by atoms with Crippen LogP contribution >= 0.6 is 0 Å². The van der Waals surface area contributed by atoms with E-state index < -0.39 is 0 Å². The van der Waals surface area contributed by atoms with Crippen molar-refractivity contribution in [2.75, 3.05) is 0 Å². The molecule has 8 aromatic rings. The lowest BCUT2D eigenvalue weighted by Gasteiger charge is -2.23. The monoisotopic (exact) mass is 538 g/mol. The van der Waals surface area contributed by atoms with Crippen LogP contribution < -0.4 is 0 Å². The number of para-hydroxylation sites is 2. The number of aromatic nitrogens is 4. The molecule has 1 unspecified atom stereocenters. The Balaban J connectivity index is 1.31. The molecule has 4 nitrogen and oxygen atoms in total. The number of hydrogen-bond acceptors (Lipinski definition) is 3. The molecule has 1 atom stereocenters. The van der Waals surface area contributed by atoms with Crippen molar-refractivity contribution in [3.8, 4) is 11.3 Å². The van der Waals surface area contributed by atoms with Crippen LogP contribution in [0.2, 0.25) is 0 Å². The Morgan fingerprint density at radius 3 is 2.55 bits per heavy atom. The summed E-state index contributed by atoms with van der Waals surface area (Å²) in [4.78, 5) is 15.2. The van der Waals surface area contributed by atoms with E-state index in [1.54, 1.807) is 0 Å². The minimum Gasteiger partial charge on any atom is -0.292 e. The Labute approximate surface area is 242 Å². The van der Waals surface area contributed by atoms with Gasteiger partial charge in [0.1, 0.15) is 5.65 Å². The maximum atomic E-state index is 5.23. The lowest BCUT2D eigenvalue weighted by atomic mass is 9.83. The third-order valence-corrected chi connectivity index (χ3v) is 8.85. The fourth-order valence-corrected chi connectivity index (χ4v) is 6.84. The summed E-state index contributed by atoms with van der Waals surface area (Å²) in [5.41, 5.74) is 12.2. The lowest BCUT2D eigenvalue weighted by Crippen LogP contribution is -2.10. The van der Waals surface area contributed by atoms with E-state index in [-0.39, 0.29) is 0 Å². The van der Waals surface area contributed by atoms with Gasteiger partial charge in [0.15, 0.2) is 0 Å². The van der Waals surface area contributed by atoms with Crippen molar-refractivity contribution in [3.05, 3.63) is 132 Å². The van der Waals surface area contributed by atoms with Gasteiger partial charge < -0.3 is 0 Å². The minimum absolute atomic E-state index is 0.406. The molecule has 4 aromatic carbocycles. The molecule has 0 fully saturated rings. The van der Waals surface area contributed by atoms with Crippen LogP contribution in [0.4, 0.5) is 0 Å². The van der Waals surface area contributed by atoms with Crippen LogP contribution in [0.3, 0.4) is 0 Å². The van der Waals surface area contributed by atoms with Crippen molar-refractivity contribution in [1.29, 1.82) is 0 Å².